The molecular formula is C12H15IN4O2. The maximum Gasteiger partial charge on any atom is 0.331 e. The van der Waals surface area contributed by atoms with E-state index in [-0.39, 0.29) is 17.8 Å². The Kier molecular flexibility index (Phi) is 3.93. The average Bonchev–Trinajstić information content (AvgIpc) is 2.68. The Morgan fingerprint density at radius 3 is 2.58 bits per heavy atom. The Labute approximate surface area is 123 Å². The summed E-state index contributed by atoms with van der Waals surface area (Å²) in [5.74, 6) is 0. The van der Waals surface area contributed by atoms with Crippen molar-refractivity contribution < 1.29 is 0 Å². The Morgan fingerprint density at radius 1 is 1.37 bits per heavy atom. The first-order valence-electron chi connectivity index (χ1n) is 5.93. The fraction of sp³-hybridized carbons (Fsp3) is 0.417. The van der Waals surface area contributed by atoms with Gasteiger partial charge in [-0.25, -0.2) is 4.79 Å². The third-order valence-electron chi connectivity index (χ3n) is 2.95. The lowest BCUT2D eigenvalue weighted by Crippen LogP contribution is -2.41. The van der Waals surface area contributed by atoms with Crippen LogP contribution in [0.15, 0.2) is 21.9 Å². The van der Waals surface area contributed by atoms with E-state index in [1.165, 1.54) is 9.13 Å². The molecule has 19 heavy (non-hydrogen) atoms. The number of hydrogen-bond donors (Lipinski definition) is 0. The zero-order valence-electron chi connectivity index (χ0n) is 11.1. The highest BCUT2D eigenvalue weighted by Gasteiger charge is 2.11. The van der Waals surface area contributed by atoms with Gasteiger partial charge in [-0.1, -0.05) is 0 Å². The summed E-state index contributed by atoms with van der Waals surface area (Å²) >= 11 is 1.96. The van der Waals surface area contributed by atoms with Crippen LogP contribution in [0, 0.1) is 10.5 Å². The van der Waals surface area contributed by atoms with E-state index in [4.69, 9.17) is 0 Å². The summed E-state index contributed by atoms with van der Waals surface area (Å²) in [5.41, 5.74) is 1.16. The van der Waals surface area contributed by atoms with Gasteiger partial charge in [0.25, 0.3) is 5.56 Å². The van der Waals surface area contributed by atoms with Crippen molar-refractivity contribution in [1.82, 2.24) is 18.9 Å². The second-order valence-corrected chi connectivity index (χ2v) is 5.50. The van der Waals surface area contributed by atoms with Crippen LogP contribution in [0.2, 0.25) is 0 Å². The fourth-order valence-electron chi connectivity index (χ4n) is 1.96. The Hall–Kier alpha value is -1.38. The highest BCUT2D eigenvalue weighted by atomic mass is 127. The lowest BCUT2D eigenvalue weighted by molar-refractivity contribution is 0.571. The monoisotopic (exact) mass is 374 g/mol. The van der Waals surface area contributed by atoms with Gasteiger partial charge in [0, 0.05) is 19.8 Å². The molecule has 0 atom stereocenters. The van der Waals surface area contributed by atoms with E-state index in [9.17, 15) is 9.59 Å². The average molecular weight is 374 g/mol. The molecule has 0 spiro atoms. The van der Waals surface area contributed by atoms with E-state index < -0.39 is 0 Å². The molecule has 6 nitrogen and oxygen atoms in total. The van der Waals surface area contributed by atoms with E-state index >= 15 is 0 Å². The lowest BCUT2D eigenvalue weighted by Gasteiger charge is -2.09. The normalized spacial score (nSPS) is 10.9. The van der Waals surface area contributed by atoms with Crippen LogP contribution in [-0.2, 0) is 20.1 Å². The number of rotatable bonds is 3. The molecule has 2 aromatic heterocycles. The van der Waals surface area contributed by atoms with Crippen molar-refractivity contribution in [2.45, 2.75) is 26.9 Å². The van der Waals surface area contributed by atoms with Crippen molar-refractivity contribution in [3.8, 4) is 0 Å². The minimum atomic E-state index is -0.285. The van der Waals surface area contributed by atoms with Gasteiger partial charge in [0.15, 0.2) is 0 Å². The van der Waals surface area contributed by atoms with E-state index in [0.717, 1.165) is 11.4 Å². The van der Waals surface area contributed by atoms with Crippen LogP contribution in [0.5, 0.6) is 0 Å². The summed E-state index contributed by atoms with van der Waals surface area (Å²) in [4.78, 5) is 24.3. The van der Waals surface area contributed by atoms with Gasteiger partial charge >= 0.3 is 5.69 Å². The molecule has 0 aliphatic rings. The van der Waals surface area contributed by atoms with E-state index in [1.54, 1.807) is 17.9 Å². The highest BCUT2D eigenvalue weighted by molar-refractivity contribution is 14.1. The molecule has 2 aromatic rings. The Morgan fingerprint density at radius 2 is 2.05 bits per heavy atom. The molecule has 0 aromatic carbocycles. The molecule has 0 N–H and O–H groups in total. The lowest BCUT2D eigenvalue weighted by atomic mass is 10.3. The molecule has 0 radical (unpaired) electrons. The summed E-state index contributed by atoms with van der Waals surface area (Å²) in [5, 5.41) is 4.22. The number of hydrogen-bond acceptors (Lipinski definition) is 3. The molecule has 0 bridgehead atoms. The fourth-order valence-corrected chi connectivity index (χ4v) is 2.59. The molecule has 7 heteroatoms. The predicted octanol–water partition coefficient (Wildman–Crippen LogP) is 0.725. The van der Waals surface area contributed by atoms with Crippen LogP contribution in [0.3, 0.4) is 0 Å². The highest BCUT2D eigenvalue weighted by Crippen LogP contribution is 2.03. The van der Waals surface area contributed by atoms with Crippen LogP contribution < -0.4 is 11.2 Å². The number of aryl methyl sites for hydroxylation is 3. The van der Waals surface area contributed by atoms with Crippen LogP contribution in [-0.4, -0.2) is 18.9 Å². The van der Waals surface area contributed by atoms with Crippen molar-refractivity contribution in [2.75, 3.05) is 0 Å². The third-order valence-corrected chi connectivity index (χ3v) is 3.69. The van der Waals surface area contributed by atoms with Gasteiger partial charge in [-0.15, -0.1) is 0 Å². The minimum Gasteiger partial charge on any atom is -0.300 e. The van der Waals surface area contributed by atoms with Crippen molar-refractivity contribution in [2.24, 2.45) is 7.05 Å². The van der Waals surface area contributed by atoms with Crippen LogP contribution in [0.25, 0.3) is 0 Å². The zero-order valence-corrected chi connectivity index (χ0v) is 13.2. The van der Waals surface area contributed by atoms with Gasteiger partial charge in [-0.3, -0.25) is 18.6 Å². The molecule has 2 rings (SSSR count). The summed E-state index contributed by atoms with van der Waals surface area (Å²) in [6.07, 6.45) is 1.59. The van der Waals surface area contributed by atoms with Gasteiger partial charge in [-0.2, -0.15) is 5.10 Å². The molecule has 0 aliphatic heterocycles. The molecule has 0 amide bonds. The topological polar surface area (TPSA) is 61.8 Å². The maximum atomic E-state index is 12.2. The Bertz CT molecular complexity index is 726. The number of nitrogens with zero attached hydrogens (tertiary/aromatic N) is 4. The van der Waals surface area contributed by atoms with Crippen LogP contribution in [0.4, 0.5) is 0 Å². The number of aromatic nitrogens is 4. The van der Waals surface area contributed by atoms with Gasteiger partial charge < -0.3 is 0 Å². The Balaban J connectivity index is 2.57. The van der Waals surface area contributed by atoms with E-state index in [1.807, 2.05) is 42.5 Å². The predicted molar refractivity (Wildman–Crippen MR) is 80.4 cm³/mol. The van der Waals surface area contributed by atoms with Crippen molar-refractivity contribution in [1.29, 1.82) is 0 Å². The second kappa shape index (κ2) is 5.32. The second-order valence-electron chi connectivity index (χ2n) is 4.34. The van der Waals surface area contributed by atoms with E-state index in [0.29, 0.717) is 10.1 Å². The molecule has 0 unspecified atom stereocenters. The van der Waals surface area contributed by atoms with Gasteiger partial charge in [0.05, 0.1) is 21.5 Å². The molecule has 0 fully saturated rings. The first-order valence-corrected chi connectivity index (χ1v) is 7.01. The molecule has 2 heterocycles. The van der Waals surface area contributed by atoms with Crippen molar-refractivity contribution >= 4 is 22.6 Å². The van der Waals surface area contributed by atoms with Crippen molar-refractivity contribution in [3.05, 3.63) is 48.1 Å². The van der Waals surface area contributed by atoms with Crippen LogP contribution >= 0.6 is 22.6 Å². The third kappa shape index (κ3) is 2.65. The quantitative estimate of drug-likeness (QED) is 0.745. The molecule has 102 valence electrons. The molecule has 0 saturated heterocycles. The summed E-state index contributed by atoms with van der Waals surface area (Å²) in [6.45, 7) is 4.54. The molecule has 0 saturated carbocycles. The maximum absolute atomic E-state index is 12.2. The zero-order chi connectivity index (χ0) is 14.2. The smallest absolute Gasteiger partial charge is 0.300 e. The van der Waals surface area contributed by atoms with E-state index in [2.05, 4.69) is 5.10 Å². The SMILES string of the molecule is CCn1cc(I)c(=O)n(Cc2cc(C)nn2C)c1=O. The first-order chi connectivity index (χ1) is 8.93. The van der Waals surface area contributed by atoms with Crippen LogP contribution in [0.1, 0.15) is 18.3 Å². The largest absolute Gasteiger partial charge is 0.331 e. The first kappa shape index (κ1) is 14.0. The van der Waals surface area contributed by atoms with Gasteiger partial charge in [-0.05, 0) is 42.5 Å². The van der Waals surface area contributed by atoms with Gasteiger partial charge in [0.1, 0.15) is 0 Å². The standard InChI is InChI=1S/C12H15IN4O2/c1-4-16-7-10(13)11(18)17(12(16)19)6-9-5-8(2)14-15(9)3/h5,7H,4,6H2,1-3H3. The summed E-state index contributed by atoms with van der Waals surface area (Å²) < 4.78 is 5.02. The summed E-state index contributed by atoms with van der Waals surface area (Å²) in [6, 6.07) is 1.88. The van der Waals surface area contributed by atoms with Crippen molar-refractivity contribution in [3.63, 3.8) is 0 Å². The molecule has 0 aliphatic carbocycles. The number of halogens is 1. The summed E-state index contributed by atoms with van der Waals surface area (Å²) in [7, 11) is 1.81. The molecular weight excluding hydrogens is 359 g/mol. The van der Waals surface area contributed by atoms with Gasteiger partial charge in [0.2, 0.25) is 0 Å². The minimum absolute atomic E-state index is 0.242.